The van der Waals surface area contributed by atoms with Gasteiger partial charge < -0.3 is 9.80 Å². The molecule has 144 valence electrons. The molecule has 0 aromatic heterocycles. The van der Waals surface area contributed by atoms with Crippen LogP contribution in [0.15, 0.2) is 18.2 Å². The molecule has 1 aromatic carbocycles. The fourth-order valence-corrected chi connectivity index (χ4v) is 3.91. The predicted octanol–water partition coefficient (Wildman–Crippen LogP) is 2.83. The first-order chi connectivity index (χ1) is 12.3. The van der Waals surface area contributed by atoms with Crippen LogP contribution in [0, 0.1) is 10.1 Å². The number of piperidine rings is 1. The number of hydrogen-bond donors (Lipinski definition) is 0. The van der Waals surface area contributed by atoms with Gasteiger partial charge in [0.25, 0.3) is 5.69 Å². The number of halogens is 3. The van der Waals surface area contributed by atoms with Crippen LogP contribution in [0.2, 0.25) is 0 Å². The normalized spacial score (nSPS) is 23.2. The summed E-state index contributed by atoms with van der Waals surface area (Å²) in [4.78, 5) is 16.4. The van der Waals surface area contributed by atoms with Crippen molar-refractivity contribution in [2.45, 2.75) is 25.1 Å². The molecule has 1 aromatic rings. The van der Waals surface area contributed by atoms with Gasteiger partial charge in [-0.1, -0.05) is 0 Å². The monoisotopic (exact) mass is 372 g/mol. The fraction of sp³-hybridized carbons (Fsp3) is 0.647. The number of non-ortho nitro benzene ring substituents is 1. The first-order valence-electron chi connectivity index (χ1n) is 8.79. The van der Waals surface area contributed by atoms with Gasteiger partial charge in [-0.25, -0.2) is 0 Å². The Balaban J connectivity index is 1.73. The van der Waals surface area contributed by atoms with E-state index in [0.717, 1.165) is 32.0 Å². The Hall–Kier alpha value is -1.87. The quantitative estimate of drug-likeness (QED) is 0.603. The molecule has 2 fully saturated rings. The number of nitro benzene ring substituents is 1. The number of benzene rings is 1. The first kappa shape index (κ1) is 18.9. The molecule has 2 saturated heterocycles. The Kier molecular flexibility index (Phi) is 5.38. The highest BCUT2D eigenvalue weighted by Gasteiger charge is 2.37. The highest BCUT2D eigenvalue weighted by molar-refractivity contribution is 5.59. The van der Waals surface area contributed by atoms with Crippen LogP contribution in [-0.4, -0.2) is 67.1 Å². The van der Waals surface area contributed by atoms with E-state index < -0.39 is 22.4 Å². The van der Waals surface area contributed by atoms with E-state index >= 15 is 0 Å². The van der Waals surface area contributed by atoms with Crippen molar-refractivity contribution in [2.75, 3.05) is 51.2 Å². The summed E-state index contributed by atoms with van der Waals surface area (Å²) in [6.07, 6.45) is -2.36. The number of piperazine rings is 1. The molecule has 0 bridgehead atoms. The van der Waals surface area contributed by atoms with Crippen LogP contribution in [0.1, 0.15) is 18.4 Å². The first-order valence-corrected chi connectivity index (χ1v) is 8.79. The van der Waals surface area contributed by atoms with E-state index in [1.54, 1.807) is 4.90 Å². The lowest BCUT2D eigenvalue weighted by atomic mass is 10.0. The van der Waals surface area contributed by atoms with Crippen molar-refractivity contribution in [3.05, 3.63) is 33.9 Å². The number of anilines is 1. The van der Waals surface area contributed by atoms with Crippen LogP contribution in [0.4, 0.5) is 24.5 Å². The van der Waals surface area contributed by atoms with Crippen molar-refractivity contribution in [1.82, 2.24) is 9.80 Å². The van der Waals surface area contributed by atoms with E-state index in [9.17, 15) is 23.3 Å². The summed E-state index contributed by atoms with van der Waals surface area (Å²) >= 11 is 0. The summed E-state index contributed by atoms with van der Waals surface area (Å²) in [6.45, 7) is 4.46. The molecule has 26 heavy (non-hydrogen) atoms. The number of likely N-dealkylation sites (N-methyl/N-ethyl adjacent to an activating group) is 1. The van der Waals surface area contributed by atoms with E-state index in [4.69, 9.17) is 0 Å². The number of nitro groups is 1. The molecule has 0 N–H and O–H groups in total. The Labute approximate surface area is 150 Å². The van der Waals surface area contributed by atoms with E-state index in [2.05, 4.69) is 16.8 Å². The Morgan fingerprint density at radius 3 is 2.42 bits per heavy atom. The van der Waals surface area contributed by atoms with Crippen molar-refractivity contribution >= 4 is 11.4 Å². The number of hydrogen-bond acceptors (Lipinski definition) is 5. The summed E-state index contributed by atoms with van der Waals surface area (Å²) < 4.78 is 40.2. The lowest BCUT2D eigenvalue weighted by Gasteiger charge is -2.43. The van der Waals surface area contributed by atoms with Crippen LogP contribution in [-0.2, 0) is 6.18 Å². The predicted molar refractivity (Wildman–Crippen MR) is 92.4 cm³/mol. The summed E-state index contributed by atoms with van der Waals surface area (Å²) in [5.74, 6) is 0. The molecule has 3 rings (SSSR count). The van der Waals surface area contributed by atoms with E-state index in [1.165, 1.54) is 6.07 Å². The summed E-state index contributed by atoms with van der Waals surface area (Å²) in [7, 11) is 2.09. The van der Waals surface area contributed by atoms with Gasteiger partial charge in [0.15, 0.2) is 0 Å². The fourth-order valence-electron chi connectivity index (χ4n) is 3.91. The zero-order valence-electron chi connectivity index (χ0n) is 14.7. The average molecular weight is 372 g/mol. The van der Waals surface area contributed by atoms with Gasteiger partial charge in [-0.05, 0) is 32.5 Å². The minimum absolute atomic E-state index is 0.0310. The third kappa shape index (κ3) is 4.09. The number of alkyl halides is 3. The molecular formula is C17H23F3N4O2. The van der Waals surface area contributed by atoms with Crippen LogP contribution < -0.4 is 4.90 Å². The molecule has 0 radical (unpaired) electrons. The molecule has 0 amide bonds. The number of likely N-dealkylation sites (tertiary alicyclic amines) is 1. The van der Waals surface area contributed by atoms with Gasteiger partial charge in [-0.2, -0.15) is 13.2 Å². The smallest absolute Gasteiger partial charge is 0.368 e. The minimum Gasteiger partial charge on any atom is -0.368 e. The zero-order chi connectivity index (χ0) is 18.9. The van der Waals surface area contributed by atoms with E-state index in [1.807, 2.05) is 0 Å². The Morgan fingerprint density at radius 2 is 1.85 bits per heavy atom. The highest BCUT2D eigenvalue weighted by atomic mass is 19.4. The zero-order valence-corrected chi connectivity index (χ0v) is 14.7. The largest absolute Gasteiger partial charge is 0.418 e. The van der Waals surface area contributed by atoms with E-state index in [0.29, 0.717) is 38.3 Å². The van der Waals surface area contributed by atoms with Gasteiger partial charge in [0.1, 0.15) is 0 Å². The summed E-state index contributed by atoms with van der Waals surface area (Å²) in [6, 6.07) is 3.46. The van der Waals surface area contributed by atoms with Crippen molar-refractivity contribution in [3.8, 4) is 0 Å². The second-order valence-corrected chi connectivity index (χ2v) is 7.04. The minimum atomic E-state index is -4.62. The molecule has 2 heterocycles. The average Bonchev–Trinajstić information content (AvgIpc) is 2.60. The molecule has 1 atom stereocenters. The third-order valence-electron chi connectivity index (χ3n) is 5.27. The second kappa shape index (κ2) is 7.40. The Morgan fingerprint density at radius 1 is 1.15 bits per heavy atom. The number of nitrogens with zero attached hydrogens (tertiary/aromatic N) is 4. The lowest BCUT2D eigenvalue weighted by molar-refractivity contribution is -0.385. The maximum atomic E-state index is 13.4. The maximum absolute atomic E-state index is 13.4. The van der Waals surface area contributed by atoms with Gasteiger partial charge in [0, 0.05) is 56.6 Å². The molecule has 2 aliphatic rings. The Bertz CT molecular complexity index is 660. The van der Waals surface area contributed by atoms with Gasteiger partial charge in [0.2, 0.25) is 0 Å². The van der Waals surface area contributed by atoms with Crippen LogP contribution >= 0.6 is 0 Å². The second-order valence-electron chi connectivity index (χ2n) is 7.04. The lowest BCUT2D eigenvalue weighted by Crippen LogP contribution is -2.54. The topological polar surface area (TPSA) is 52.9 Å². The van der Waals surface area contributed by atoms with E-state index in [-0.39, 0.29) is 5.69 Å². The van der Waals surface area contributed by atoms with Crippen LogP contribution in [0.25, 0.3) is 0 Å². The van der Waals surface area contributed by atoms with Crippen molar-refractivity contribution in [2.24, 2.45) is 0 Å². The van der Waals surface area contributed by atoms with Crippen molar-refractivity contribution in [1.29, 1.82) is 0 Å². The summed E-state index contributed by atoms with van der Waals surface area (Å²) in [5.41, 5.74) is -1.44. The standard InChI is InChI=1S/C17H23F3N4O2/c1-21-6-2-3-14(12-21)22-7-9-23(10-8-22)16-5-4-13(24(25)26)11-15(16)17(18,19)20/h4-5,11,14H,2-3,6-10,12H2,1H3. The number of rotatable bonds is 3. The van der Waals surface area contributed by atoms with Crippen LogP contribution in [0.5, 0.6) is 0 Å². The van der Waals surface area contributed by atoms with Gasteiger partial charge in [0.05, 0.1) is 10.5 Å². The van der Waals surface area contributed by atoms with Crippen molar-refractivity contribution < 1.29 is 18.1 Å². The van der Waals surface area contributed by atoms with Crippen molar-refractivity contribution in [3.63, 3.8) is 0 Å². The molecule has 0 aliphatic carbocycles. The third-order valence-corrected chi connectivity index (χ3v) is 5.27. The molecule has 2 aliphatic heterocycles. The molecule has 1 unspecified atom stereocenters. The molecular weight excluding hydrogens is 349 g/mol. The maximum Gasteiger partial charge on any atom is 0.418 e. The highest BCUT2D eigenvalue weighted by Crippen LogP contribution is 2.39. The van der Waals surface area contributed by atoms with Gasteiger partial charge in [-0.15, -0.1) is 0 Å². The van der Waals surface area contributed by atoms with Crippen LogP contribution in [0.3, 0.4) is 0 Å². The van der Waals surface area contributed by atoms with Gasteiger partial charge in [-0.3, -0.25) is 15.0 Å². The molecule has 0 spiro atoms. The molecule has 6 nitrogen and oxygen atoms in total. The molecule has 9 heteroatoms. The van der Waals surface area contributed by atoms with Gasteiger partial charge >= 0.3 is 6.18 Å². The molecule has 0 saturated carbocycles. The SMILES string of the molecule is CN1CCCC(N2CCN(c3ccc([N+](=O)[O-])cc3C(F)(F)F)CC2)C1. The summed E-state index contributed by atoms with van der Waals surface area (Å²) in [5, 5.41) is 10.8.